The van der Waals surface area contributed by atoms with E-state index in [-0.39, 0.29) is 37.4 Å². The lowest BCUT2D eigenvalue weighted by atomic mass is 9.98. The highest BCUT2D eigenvalue weighted by Crippen LogP contribution is 2.28. The summed E-state index contributed by atoms with van der Waals surface area (Å²) < 4.78 is 10.8. The van der Waals surface area contributed by atoms with E-state index >= 15 is 0 Å². The van der Waals surface area contributed by atoms with Crippen molar-refractivity contribution >= 4 is 12.0 Å². The molecule has 1 aromatic rings. The van der Waals surface area contributed by atoms with Crippen LogP contribution in [-0.4, -0.2) is 53.5 Å². The van der Waals surface area contributed by atoms with Crippen LogP contribution in [0.5, 0.6) is 0 Å². The van der Waals surface area contributed by atoms with Crippen molar-refractivity contribution in [2.45, 2.75) is 44.4 Å². The Morgan fingerprint density at radius 1 is 1.33 bits per heavy atom. The summed E-state index contributed by atoms with van der Waals surface area (Å²) in [5.74, 6) is -0.701. The number of aliphatic hydroxyl groups excluding tert-OH is 1. The maximum atomic E-state index is 12.8. The highest BCUT2D eigenvalue weighted by molar-refractivity contribution is 5.95. The number of cyclic esters (lactones) is 1. The second-order valence-corrected chi connectivity index (χ2v) is 6.47. The smallest absolute Gasteiger partial charge is 0.416 e. The van der Waals surface area contributed by atoms with Crippen LogP contribution in [0.2, 0.25) is 0 Å². The number of amides is 2. The van der Waals surface area contributed by atoms with Gasteiger partial charge in [-0.25, -0.2) is 9.69 Å². The van der Waals surface area contributed by atoms with E-state index in [0.29, 0.717) is 12.8 Å². The summed E-state index contributed by atoms with van der Waals surface area (Å²) in [6.07, 6.45) is 0.970. The number of aliphatic hydroxyl groups is 1. The van der Waals surface area contributed by atoms with Gasteiger partial charge in [-0.05, 0) is 24.8 Å². The topological polar surface area (TPSA) is 76.1 Å². The predicted molar refractivity (Wildman–Crippen MR) is 86.3 cm³/mol. The molecular weight excluding hydrogens is 310 g/mol. The van der Waals surface area contributed by atoms with Gasteiger partial charge in [0, 0.05) is 0 Å². The standard InChI is InChI=1S/C18H23NO5/c1-12(16-8-7-15(10-20)24-16)17(21)19-14(11-23-18(19)22)9-13-5-3-2-4-6-13/h2-6,12,14-16,20H,7-11H2,1H3/t12-,14+,15+,16+/m1/s1. The van der Waals surface area contributed by atoms with Crippen LogP contribution in [0.4, 0.5) is 4.79 Å². The number of ether oxygens (including phenoxy) is 2. The van der Waals surface area contributed by atoms with Crippen molar-refractivity contribution < 1.29 is 24.2 Å². The zero-order valence-corrected chi connectivity index (χ0v) is 13.8. The number of hydrogen-bond acceptors (Lipinski definition) is 5. The molecule has 1 aromatic carbocycles. The van der Waals surface area contributed by atoms with Crippen LogP contribution in [0.3, 0.4) is 0 Å². The molecule has 0 bridgehead atoms. The van der Waals surface area contributed by atoms with E-state index in [2.05, 4.69) is 0 Å². The maximum absolute atomic E-state index is 12.8. The van der Waals surface area contributed by atoms with Gasteiger partial charge in [0.05, 0.1) is 30.8 Å². The molecule has 2 aliphatic rings. The molecular formula is C18H23NO5. The summed E-state index contributed by atoms with van der Waals surface area (Å²) in [5, 5.41) is 9.17. The average molecular weight is 333 g/mol. The number of carbonyl (C=O) groups excluding carboxylic acids is 2. The normalized spacial score (nSPS) is 28.0. The Morgan fingerprint density at radius 3 is 2.75 bits per heavy atom. The van der Waals surface area contributed by atoms with Gasteiger partial charge in [0.2, 0.25) is 5.91 Å². The van der Waals surface area contributed by atoms with E-state index < -0.39 is 12.0 Å². The number of nitrogens with zero attached hydrogens (tertiary/aromatic N) is 1. The molecule has 2 heterocycles. The molecule has 2 saturated heterocycles. The monoisotopic (exact) mass is 333 g/mol. The van der Waals surface area contributed by atoms with Gasteiger partial charge in [0.25, 0.3) is 0 Å². The van der Waals surface area contributed by atoms with E-state index in [9.17, 15) is 9.59 Å². The number of hydrogen-bond donors (Lipinski definition) is 1. The first-order valence-corrected chi connectivity index (χ1v) is 8.40. The molecule has 2 aliphatic heterocycles. The molecule has 6 heteroatoms. The number of benzene rings is 1. The molecule has 4 atom stereocenters. The van der Waals surface area contributed by atoms with Crippen LogP contribution in [0, 0.1) is 5.92 Å². The van der Waals surface area contributed by atoms with Crippen LogP contribution in [-0.2, 0) is 20.7 Å². The quantitative estimate of drug-likeness (QED) is 0.888. The minimum atomic E-state index is -0.579. The van der Waals surface area contributed by atoms with Crippen molar-refractivity contribution in [3.05, 3.63) is 35.9 Å². The molecule has 1 N–H and O–H groups in total. The fourth-order valence-corrected chi connectivity index (χ4v) is 3.38. The average Bonchev–Trinajstić information content (AvgIpc) is 3.21. The molecule has 0 aromatic heterocycles. The molecule has 130 valence electrons. The van der Waals surface area contributed by atoms with Gasteiger partial charge in [0.15, 0.2) is 0 Å². The Morgan fingerprint density at radius 2 is 2.08 bits per heavy atom. The summed E-state index contributed by atoms with van der Waals surface area (Å²) in [6.45, 7) is 1.95. The summed E-state index contributed by atoms with van der Waals surface area (Å²) >= 11 is 0. The first kappa shape index (κ1) is 16.9. The molecule has 6 nitrogen and oxygen atoms in total. The first-order valence-electron chi connectivity index (χ1n) is 8.40. The van der Waals surface area contributed by atoms with Crippen molar-refractivity contribution in [3.8, 4) is 0 Å². The Hall–Kier alpha value is -1.92. The highest BCUT2D eigenvalue weighted by atomic mass is 16.6. The van der Waals surface area contributed by atoms with Crippen molar-refractivity contribution in [1.82, 2.24) is 4.90 Å². The first-order chi connectivity index (χ1) is 11.6. The van der Waals surface area contributed by atoms with E-state index in [4.69, 9.17) is 14.6 Å². The third-order valence-electron chi connectivity index (χ3n) is 4.80. The molecule has 2 amide bonds. The Bertz CT molecular complexity index is 590. The Labute approximate surface area is 141 Å². The van der Waals surface area contributed by atoms with Gasteiger partial charge >= 0.3 is 6.09 Å². The lowest BCUT2D eigenvalue weighted by Gasteiger charge is -2.26. The van der Waals surface area contributed by atoms with Crippen LogP contribution >= 0.6 is 0 Å². The van der Waals surface area contributed by atoms with Crippen molar-refractivity contribution in [3.63, 3.8) is 0 Å². The fraction of sp³-hybridized carbons (Fsp3) is 0.556. The summed E-state index contributed by atoms with van der Waals surface area (Å²) in [4.78, 5) is 26.1. The zero-order chi connectivity index (χ0) is 17.1. The zero-order valence-electron chi connectivity index (χ0n) is 13.8. The number of carbonyl (C=O) groups is 2. The molecule has 0 saturated carbocycles. The molecule has 24 heavy (non-hydrogen) atoms. The van der Waals surface area contributed by atoms with Gasteiger partial charge in [0.1, 0.15) is 6.61 Å². The molecule has 0 radical (unpaired) electrons. The largest absolute Gasteiger partial charge is 0.447 e. The van der Waals surface area contributed by atoms with Crippen LogP contribution in [0.1, 0.15) is 25.3 Å². The second-order valence-electron chi connectivity index (χ2n) is 6.47. The van der Waals surface area contributed by atoms with Gasteiger partial charge in [-0.1, -0.05) is 37.3 Å². The van der Waals surface area contributed by atoms with E-state index in [1.54, 1.807) is 6.92 Å². The molecule has 3 rings (SSSR count). The maximum Gasteiger partial charge on any atom is 0.416 e. The van der Waals surface area contributed by atoms with Gasteiger partial charge in [-0.3, -0.25) is 4.79 Å². The Kier molecular flexibility index (Phi) is 5.16. The molecule has 0 spiro atoms. The van der Waals surface area contributed by atoms with E-state index in [1.165, 1.54) is 4.90 Å². The lowest BCUT2D eigenvalue weighted by Crippen LogP contribution is -2.45. The van der Waals surface area contributed by atoms with E-state index in [1.807, 2.05) is 30.3 Å². The molecule has 0 aliphatic carbocycles. The van der Waals surface area contributed by atoms with Crippen molar-refractivity contribution in [1.29, 1.82) is 0 Å². The van der Waals surface area contributed by atoms with Crippen LogP contribution in [0.15, 0.2) is 30.3 Å². The van der Waals surface area contributed by atoms with Crippen LogP contribution in [0.25, 0.3) is 0 Å². The summed E-state index contributed by atoms with van der Waals surface area (Å²) in [5.41, 5.74) is 1.06. The highest BCUT2D eigenvalue weighted by Gasteiger charge is 2.43. The van der Waals surface area contributed by atoms with Crippen molar-refractivity contribution in [2.24, 2.45) is 5.92 Å². The summed E-state index contributed by atoms with van der Waals surface area (Å²) in [6, 6.07) is 9.46. The number of imide groups is 1. The number of rotatable bonds is 5. The summed E-state index contributed by atoms with van der Waals surface area (Å²) in [7, 11) is 0. The van der Waals surface area contributed by atoms with Crippen molar-refractivity contribution in [2.75, 3.05) is 13.2 Å². The second kappa shape index (κ2) is 7.32. The minimum Gasteiger partial charge on any atom is -0.447 e. The lowest BCUT2D eigenvalue weighted by molar-refractivity contribution is -0.138. The Balaban J connectivity index is 1.68. The molecule has 0 unspecified atom stereocenters. The predicted octanol–water partition coefficient (Wildman–Crippen LogP) is 1.75. The van der Waals surface area contributed by atoms with Gasteiger partial charge in [-0.2, -0.15) is 0 Å². The molecule has 2 fully saturated rings. The minimum absolute atomic E-state index is 0.0419. The fourth-order valence-electron chi connectivity index (χ4n) is 3.38. The van der Waals surface area contributed by atoms with Gasteiger partial charge in [-0.15, -0.1) is 0 Å². The third-order valence-corrected chi connectivity index (χ3v) is 4.80. The SMILES string of the molecule is C[C@@H](C(=O)N1C(=O)OC[C@@H]1Cc1ccccc1)[C@@H]1CC[C@@H](CO)O1. The van der Waals surface area contributed by atoms with Crippen LogP contribution < -0.4 is 0 Å². The van der Waals surface area contributed by atoms with Gasteiger partial charge < -0.3 is 14.6 Å². The third kappa shape index (κ3) is 3.44. The van der Waals surface area contributed by atoms with E-state index in [0.717, 1.165) is 12.0 Å².